The van der Waals surface area contributed by atoms with E-state index < -0.39 is 16.9 Å². The van der Waals surface area contributed by atoms with Crippen LogP contribution in [0.1, 0.15) is 13.3 Å². The fourth-order valence-electron chi connectivity index (χ4n) is 1.55. The predicted octanol–water partition coefficient (Wildman–Crippen LogP) is 0.579. The minimum absolute atomic E-state index is 0.0558. The van der Waals surface area contributed by atoms with Gasteiger partial charge in [0.15, 0.2) is 0 Å². The van der Waals surface area contributed by atoms with Crippen molar-refractivity contribution in [2.45, 2.75) is 18.2 Å². The van der Waals surface area contributed by atoms with Crippen molar-refractivity contribution in [3.05, 3.63) is 28.9 Å². The lowest BCUT2D eigenvalue weighted by Gasteiger charge is -1.98. The second-order valence-corrected chi connectivity index (χ2v) is 5.38. The fourth-order valence-corrected chi connectivity index (χ4v) is 2.62. The highest BCUT2D eigenvalue weighted by atomic mass is 32.2. The van der Waals surface area contributed by atoms with Crippen LogP contribution in [-0.2, 0) is 15.5 Å². The van der Waals surface area contributed by atoms with Crippen molar-refractivity contribution < 1.29 is 13.7 Å². The van der Waals surface area contributed by atoms with Crippen LogP contribution in [0.25, 0.3) is 0 Å². The van der Waals surface area contributed by atoms with E-state index in [0.717, 1.165) is 6.42 Å². The Balaban J connectivity index is 2.36. The Hall–Kier alpha value is -1.89. The molecule has 0 saturated carbocycles. The quantitative estimate of drug-likeness (QED) is 0.811. The lowest BCUT2D eigenvalue weighted by molar-refractivity contribution is 0.182. The number of fused-ring (bicyclic) bond motifs is 1. The number of hydrogen-bond donors (Lipinski definition) is 0. The first-order valence-corrected chi connectivity index (χ1v) is 7.08. The molecule has 0 aliphatic carbocycles. The summed E-state index contributed by atoms with van der Waals surface area (Å²) in [6, 6.07) is 5.19. The van der Waals surface area contributed by atoms with Crippen LogP contribution in [0.5, 0.6) is 0 Å². The van der Waals surface area contributed by atoms with Crippen LogP contribution in [-0.4, -0.2) is 29.1 Å². The second-order valence-electron chi connectivity index (χ2n) is 3.81. The Morgan fingerprint density at radius 1 is 1.37 bits per heavy atom. The summed E-state index contributed by atoms with van der Waals surface area (Å²) in [4.78, 5) is 23.4. The maximum absolute atomic E-state index is 11.9. The minimum Gasteiger partial charge on any atom is -0.451 e. The normalized spacial score (nSPS) is 16.4. The average molecular weight is 279 g/mol. The molecule has 19 heavy (non-hydrogen) atoms. The molecule has 7 heteroatoms. The predicted molar refractivity (Wildman–Crippen MR) is 70.2 cm³/mol. The van der Waals surface area contributed by atoms with E-state index in [1.54, 1.807) is 18.2 Å². The van der Waals surface area contributed by atoms with Crippen LogP contribution in [0.15, 0.2) is 38.1 Å². The van der Waals surface area contributed by atoms with Gasteiger partial charge in [-0.3, -0.25) is 4.21 Å². The van der Waals surface area contributed by atoms with E-state index >= 15 is 0 Å². The number of aliphatic imine (C=N–C) groups is 1. The first kappa shape index (κ1) is 13.5. The number of guanidine groups is 1. The molecule has 1 aromatic rings. The SMILES string of the molecule is CCCS(=O)c1ccc2c(c1)=NC(=NC(=O)OC)N=2. The Labute approximate surface area is 112 Å². The van der Waals surface area contributed by atoms with Gasteiger partial charge in [0.1, 0.15) is 0 Å². The van der Waals surface area contributed by atoms with Crippen molar-refractivity contribution in [1.29, 1.82) is 0 Å². The van der Waals surface area contributed by atoms with Crippen LogP contribution in [0.3, 0.4) is 0 Å². The van der Waals surface area contributed by atoms with Crippen LogP contribution in [0, 0.1) is 0 Å². The zero-order chi connectivity index (χ0) is 13.8. The van der Waals surface area contributed by atoms with Gasteiger partial charge in [-0.1, -0.05) is 6.92 Å². The molecule has 0 fully saturated rings. The van der Waals surface area contributed by atoms with Crippen LogP contribution < -0.4 is 10.7 Å². The summed E-state index contributed by atoms with van der Waals surface area (Å²) in [5.74, 6) is 0.666. The van der Waals surface area contributed by atoms with E-state index in [4.69, 9.17) is 0 Å². The molecule has 2 rings (SSSR count). The highest BCUT2D eigenvalue weighted by Crippen LogP contribution is 2.03. The first-order valence-electron chi connectivity index (χ1n) is 5.76. The zero-order valence-electron chi connectivity index (χ0n) is 10.6. The maximum atomic E-state index is 11.9. The van der Waals surface area contributed by atoms with Crippen molar-refractivity contribution in [3.8, 4) is 0 Å². The van der Waals surface area contributed by atoms with Gasteiger partial charge in [-0.25, -0.2) is 14.8 Å². The third-order valence-electron chi connectivity index (χ3n) is 2.41. The Morgan fingerprint density at radius 2 is 2.11 bits per heavy atom. The number of carbonyl (C=O) groups excluding carboxylic acids is 1. The Morgan fingerprint density at radius 3 is 2.79 bits per heavy atom. The van der Waals surface area contributed by atoms with Crippen LogP contribution >= 0.6 is 0 Å². The van der Waals surface area contributed by atoms with Crippen molar-refractivity contribution >= 4 is 22.9 Å². The van der Waals surface area contributed by atoms with Gasteiger partial charge >= 0.3 is 6.09 Å². The number of ether oxygens (including phenoxy) is 1. The topological polar surface area (TPSA) is 80.5 Å². The molecule has 0 N–H and O–H groups in total. The molecule has 100 valence electrons. The monoisotopic (exact) mass is 279 g/mol. The smallest absolute Gasteiger partial charge is 0.436 e. The van der Waals surface area contributed by atoms with E-state index in [1.807, 2.05) is 6.92 Å². The number of nitrogens with zero attached hydrogens (tertiary/aromatic N) is 3. The minimum atomic E-state index is -1.03. The third-order valence-corrected chi connectivity index (χ3v) is 3.96. The summed E-state index contributed by atoms with van der Waals surface area (Å²) in [6.07, 6.45) is 0.102. The molecule has 1 amide bonds. The second kappa shape index (κ2) is 5.83. The molecule has 0 bridgehead atoms. The molecular formula is C12H13N3O3S. The number of benzene rings is 1. The molecule has 1 atom stereocenters. The molecule has 0 aromatic heterocycles. The molecule has 6 nitrogen and oxygen atoms in total. The van der Waals surface area contributed by atoms with Gasteiger partial charge in [0.25, 0.3) is 5.96 Å². The molecule has 1 unspecified atom stereocenters. The third kappa shape index (κ3) is 3.11. The van der Waals surface area contributed by atoms with Gasteiger partial charge in [0.05, 0.1) is 28.6 Å². The number of methoxy groups -OCH3 is 1. The highest BCUT2D eigenvalue weighted by Gasteiger charge is 2.09. The lowest BCUT2D eigenvalue weighted by Crippen LogP contribution is -2.22. The zero-order valence-corrected chi connectivity index (χ0v) is 11.4. The fraction of sp³-hybridized carbons (Fsp3) is 0.333. The number of carbonyl (C=O) groups is 1. The first-order chi connectivity index (χ1) is 9.13. The molecule has 1 aromatic carbocycles. The maximum Gasteiger partial charge on any atom is 0.436 e. The Bertz CT molecular complexity index is 682. The molecule has 0 saturated heterocycles. The van der Waals surface area contributed by atoms with Crippen LogP contribution in [0.4, 0.5) is 4.79 Å². The molecule has 0 radical (unpaired) electrons. The van der Waals surface area contributed by atoms with Gasteiger partial charge in [-0.05, 0) is 24.6 Å². The standard InChI is InChI=1S/C12H13N3O3S/c1-3-6-19(17)8-4-5-9-10(7-8)14-11(13-9)15-12(16)18-2/h4-5,7H,3,6H2,1-2H3. The van der Waals surface area contributed by atoms with Gasteiger partial charge in [0, 0.05) is 10.6 Å². The van der Waals surface area contributed by atoms with E-state index in [0.29, 0.717) is 21.4 Å². The number of hydrogen-bond acceptors (Lipinski definition) is 3. The van der Waals surface area contributed by atoms with Gasteiger partial charge in [0.2, 0.25) is 0 Å². The number of amides is 1. The molecular weight excluding hydrogens is 266 g/mol. The lowest BCUT2D eigenvalue weighted by atomic mass is 10.3. The molecule has 1 aliphatic heterocycles. The largest absolute Gasteiger partial charge is 0.451 e. The van der Waals surface area contributed by atoms with E-state index in [2.05, 4.69) is 19.7 Å². The summed E-state index contributed by atoms with van der Waals surface area (Å²) < 4.78 is 16.3. The van der Waals surface area contributed by atoms with E-state index in [9.17, 15) is 9.00 Å². The van der Waals surface area contributed by atoms with E-state index in [1.165, 1.54) is 7.11 Å². The summed E-state index contributed by atoms with van der Waals surface area (Å²) >= 11 is 0. The van der Waals surface area contributed by atoms with Gasteiger partial charge in [-0.2, -0.15) is 0 Å². The van der Waals surface area contributed by atoms with Crippen LogP contribution in [0.2, 0.25) is 0 Å². The van der Waals surface area contributed by atoms with Crippen molar-refractivity contribution in [2.24, 2.45) is 15.0 Å². The molecule has 1 aliphatic rings. The number of rotatable bonds is 3. The van der Waals surface area contributed by atoms with Crippen molar-refractivity contribution in [3.63, 3.8) is 0 Å². The molecule has 0 spiro atoms. The van der Waals surface area contributed by atoms with Gasteiger partial charge < -0.3 is 4.74 Å². The van der Waals surface area contributed by atoms with Crippen molar-refractivity contribution in [2.75, 3.05) is 12.9 Å². The van der Waals surface area contributed by atoms with Crippen molar-refractivity contribution in [1.82, 2.24) is 0 Å². The average Bonchev–Trinajstić information content (AvgIpc) is 2.79. The summed E-state index contributed by atoms with van der Waals surface area (Å²) in [5, 5.41) is 1.18. The Kier molecular flexibility index (Phi) is 4.16. The van der Waals surface area contributed by atoms with E-state index in [-0.39, 0.29) is 5.96 Å². The summed E-state index contributed by atoms with van der Waals surface area (Å²) in [5.41, 5.74) is 0. The molecule has 1 heterocycles. The summed E-state index contributed by atoms with van der Waals surface area (Å²) in [6.45, 7) is 1.98. The summed E-state index contributed by atoms with van der Waals surface area (Å²) in [7, 11) is 0.204. The highest BCUT2D eigenvalue weighted by molar-refractivity contribution is 7.85. The van der Waals surface area contributed by atoms with Gasteiger partial charge in [-0.15, -0.1) is 4.99 Å².